The van der Waals surface area contributed by atoms with Crippen LogP contribution in [0.2, 0.25) is 0 Å². The first kappa shape index (κ1) is 10.7. The first-order valence-corrected chi connectivity index (χ1v) is 5.37. The smallest absolute Gasteiger partial charge is 0.253 e. The molecule has 0 aliphatic heterocycles. The molecule has 1 heterocycles. The van der Waals surface area contributed by atoms with Crippen LogP contribution < -0.4 is 4.74 Å². The van der Waals surface area contributed by atoms with Crippen molar-refractivity contribution in [2.75, 3.05) is 0 Å². The SMILES string of the molecule is CCCc1nnc(COc2ccccc2)o1. The van der Waals surface area contributed by atoms with Gasteiger partial charge in [0.25, 0.3) is 5.89 Å². The molecular weight excluding hydrogens is 204 g/mol. The van der Waals surface area contributed by atoms with Gasteiger partial charge in [0.2, 0.25) is 5.89 Å². The van der Waals surface area contributed by atoms with E-state index < -0.39 is 0 Å². The Morgan fingerprint density at radius 3 is 2.62 bits per heavy atom. The van der Waals surface area contributed by atoms with Gasteiger partial charge in [0.15, 0.2) is 6.61 Å². The molecule has 0 N–H and O–H groups in total. The predicted octanol–water partition coefficient (Wildman–Crippen LogP) is 2.60. The maximum Gasteiger partial charge on any atom is 0.253 e. The Labute approximate surface area is 94.3 Å². The van der Waals surface area contributed by atoms with Crippen LogP contribution in [-0.2, 0) is 13.0 Å². The van der Waals surface area contributed by atoms with Gasteiger partial charge in [-0.05, 0) is 18.6 Å². The lowest BCUT2D eigenvalue weighted by molar-refractivity contribution is 0.259. The average molecular weight is 218 g/mol. The first-order valence-electron chi connectivity index (χ1n) is 5.37. The number of hydrogen-bond acceptors (Lipinski definition) is 4. The largest absolute Gasteiger partial charge is 0.484 e. The molecule has 16 heavy (non-hydrogen) atoms. The highest BCUT2D eigenvalue weighted by atomic mass is 16.5. The summed E-state index contributed by atoms with van der Waals surface area (Å²) in [4.78, 5) is 0. The molecule has 0 aliphatic carbocycles. The van der Waals surface area contributed by atoms with E-state index >= 15 is 0 Å². The summed E-state index contributed by atoms with van der Waals surface area (Å²) in [6.45, 7) is 2.39. The Morgan fingerprint density at radius 2 is 1.88 bits per heavy atom. The molecule has 0 saturated carbocycles. The van der Waals surface area contributed by atoms with Crippen LogP contribution in [0.4, 0.5) is 0 Å². The monoisotopic (exact) mass is 218 g/mol. The Morgan fingerprint density at radius 1 is 1.12 bits per heavy atom. The van der Waals surface area contributed by atoms with Crippen molar-refractivity contribution in [1.29, 1.82) is 0 Å². The number of aromatic nitrogens is 2. The normalized spacial score (nSPS) is 10.3. The highest BCUT2D eigenvalue weighted by molar-refractivity contribution is 5.20. The maximum atomic E-state index is 5.49. The summed E-state index contributed by atoms with van der Waals surface area (Å²) in [6, 6.07) is 9.57. The fraction of sp³-hybridized carbons (Fsp3) is 0.333. The first-order chi connectivity index (χ1) is 7.88. The number of rotatable bonds is 5. The van der Waals surface area contributed by atoms with Crippen LogP contribution in [0.3, 0.4) is 0 Å². The van der Waals surface area contributed by atoms with Crippen molar-refractivity contribution in [3.8, 4) is 5.75 Å². The topological polar surface area (TPSA) is 48.2 Å². The molecule has 1 aromatic carbocycles. The zero-order chi connectivity index (χ0) is 11.2. The maximum absolute atomic E-state index is 5.49. The van der Waals surface area contributed by atoms with Crippen LogP contribution in [-0.4, -0.2) is 10.2 Å². The summed E-state index contributed by atoms with van der Waals surface area (Å²) in [5.74, 6) is 2.00. The number of aryl methyl sites for hydroxylation is 1. The van der Waals surface area contributed by atoms with E-state index in [9.17, 15) is 0 Å². The van der Waals surface area contributed by atoms with E-state index in [1.165, 1.54) is 0 Å². The minimum absolute atomic E-state index is 0.320. The van der Waals surface area contributed by atoms with Gasteiger partial charge in [-0.3, -0.25) is 0 Å². The highest BCUT2D eigenvalue weighted by Crippen LogP contribution is 2.11. The zero-order valence-electron chi connectivity index (χ0n) is 9.22. The summed E-state index contributed by atoms with van der Waals surface area (Å²) in [5.41, 5.74) is 0. The standard InChI is InChI=1S/C12H14N2O2/c1-2-6-11-13-14-12(16-11)9-15-10-7-4-3-5-8-10/h3-5,7-8H,2,6,9H2,1H3. The number of nitrogens with zero attached hydrogens (tertiary/aromatic N) is 2. The van der Waals surface area contributed by atoms with Gasteiger partial charge in [-0.25, -0.2) is 0 Å². The van der Waals surface area contributed by atoms with E-state index in [0.717, 1.165) is 18.6 Å². The molecule has 0 saturated heterocycles. The Bertz CT molecular complexity index is 426. The fourth-order valence-electron chi connectivity index (χ4n) is 1.32. The van der Waals surface area contributed by atoms with Gasteiger partial charge >= 0.3 is 0 Å². The van der Waals surface area contributed by atoms with Gasteiger partial charge in [0, 0.05) is 6.42 Å². The average Bonchev–Trinajstić information content (AvgIpc) is 2.76. The summed E-state index contributed by atoms with van der Waals surface area (Å²) in [6.07, 6.45) is 1.82. The Kier molecular flexibility index (Phi) is 3.53. The van der Waals surface area contributed by atoms with E-state index in [1.54, 1.807) is 0 Å². The Hall–Kier alpha value is -1.84. The molecule has 0 bridgehead atoms. The molecule has 0 radical (unpaired) electrons. The van der Waals surface area contributed by atoms with Crippen molar-refractivity contribution in [3.63, 3.8) is 0 Å². The molecular formula is C12H14N2O2. The van der Waals surface area contributed by atoms with Crippen LogP contribution >= 0.6 is 0 Å². The van der Waals surface area contributed by atoms with Crippen LogP contribution in [0.5, 0.6) is 5.75 Å². The molecule has 0 unspecified atom stereocenters. The van der Waals surface area contributed by atoms with E-state index in [0.29, 0.717) is 18.4 Å². The molecule has 4 nitrogen and oxygen atoms in total. The summed E-state index contributed by atoms with van der Waals surface area (Å²) >= 11 is 0. The van der Waals surface area contributed by atoms with Crippen molar-refractivity contribution in [2.24, 2.45) is 0 Å². The molecule has 1 aromatic heterocycles. The third kappa shape index (κ3) is 2.82. The molecule has 0 amide bonds. The van der Waals surface area contributed by atoms with Crippen LogP contribution in [0, 0.1) is 0 Å². The van der Waals surface area contributed by atoms with Gasteiger partial charge in [-0.2, -0.15) is 0 Å². The number of para-hydroxylation sites is 1. The Balaban J connectivity index is 1.89. The van der Waals surface area contributed by atoms with E-state index in [4.69, 9.17) is 9.15 Å². The van der Waals surface area contributed by atoms with Crippen molar-refractivity contribution >= 4 is 0 Å². The summed E-state index contributed by atoms with van der Waals surface area (Å²) in [5, 5.41) is 7.83. The van der Waals surface area contributed by atoms with Crippen molar-refractivity contribution in [2.45, 2.75) is 26.4 Å². The second-order valence-electron chi connectivity index (χ2n) is 3.44. The minimum atomic E-state index is 0.320. The van der Waals surface area contributed by atoms with Gasteiger partial charge in [-0.1, -0.05) is 25.1 Å². The minimum Gasteiger partial charge on any atom is -0.484 e. The lowest BCUT2D eigenvalue weighted by Crippen LogP contribution is -1.95. The van der Waals surface area contributed by atoms with Gasteiger partial charge in [0.05, 0.1) is 0 Å². The molecule has 2 aromatic rings. The van der Waals surface area contributed by atoms with E-state index in [-0.39, 0.29) is 0 Å². The van der Waals surface area contributed by atoms with E-state index in [1.807, 2.05) is 30.3 Å². The van der Waals surface area contributed by atoms with Crippen molar-refractivity contribution in [3.05, 3.63) is 42.1 Å². The quantitative estimate of drug-likeness (QED) is 0.774. The summed E-state index contributed by atoms with van der Waals surface area (Å²) in [7, 11) is 0. The van der Waals surface area contributed by atoms with E-state index in [2.05, 4.69) is 17.1 Å². The number of ether oxygens (including phenoxy) is 1. The zero-order valence-corrected chi connectivity index (χ0v) is 9.22. The summed E-state index contributed by atoms with van der Waals surface area (Å²) < 4.78 is 10.9. The van der Waals surface area contributed by atoms with Crippen molar-refractivity contribution < 1.29 is 9.15 Å². The van der Waals surface area contributed by atoms with Gasteiger partial charge in [-0.15, -0.1) is 10.2 Å². The lowest BCUT2D eigenvalue weighted by atomic mass is 10.3. The molecule has 2 rings (SSSR count). The predicted molar refractivity (Wildman–Crippen MR) is 59.1 cm³/mol. The highest BCUT2D eigenvalue weighted by Gasteiger charge is 2.05. The third-order valence-corrected chi connectivity index (χ3v) is 2.08. The third-order valence-electron chi connectivity index (χ3n) is 2.08. The number of benzene rings is 1. The fourth-order valence-corrected chi connectivity index (χ4v) is 1.32. The second-order valence-corrected chi connectivity index (χ2v) is 3.44. The lowest BCUT2D eigenvalue weighted by Gasteiger charge is -2.01. The molecule has 0 fully saturated rings. The van der Waals surface area contributed by atoms with Crippen LogP contribution in [0.1, 0.15) is 25.1 Å². The second kappa shape index (κ2) is 5.30. The van der Waals surface area contributed by atoms with Crippen LogP contribution in [0.25, 0.3) is 0 Å². The molecule has 0 atom stereocenters. The molecule has 0 spiro atoms. The van der Waals surface area contributed by atoms with Gasteiger partial charge < -0.3 is 9.15 Å². The van der Waals surface area contributed by atoms with Crippen molar-refractivity contribution in [1.82, 2.24) is 10.2 Å². The molecule has 4 heteroatoms. The molecule has 84 valence electrons. The number of hydrogen-bond donors (Lipinski definition) is 0. The molecule has 0 aliphatic rings. The van der Waals surface area contributed by atoms with Crippen LogP contribution in [0.15, 0.2) is 34.7 Å². The van der Waals surface area contributed by atoms with Gasteiger partial charge in [0.1, 0.15) is 5.75 Å².